The van der Waals surface area contributed by atoms with Crippen molar-refractivity contribution in [3.8, 4) is 17.2 Å². The number of fused-ring (bicyclic) bond motifs is 2. The van der Waals surface area contributed by atoms with E-state index in [0.717, 1.165) is 31.2 Å². The number of hydrogen-bond acceptors (Lipinski definition) is 7. The Morgan fingerprint density at radius 1 is 1.05 bits per heavy atom. The summed E-state index contributed by atoms with van der Waals surface area (Å²) in [6, 6.07) is 19.0. The minimum Gasteiger partial charge on any atom is -0.497 e. The van der Waals surface area contributed by atoms with Gasteiger partial charge >= 0.3 is 0 Å². The maximum atomic E-state index is 14.2. The van der Waals surface area contributed by atoms with Gasteiger partial charge in [0.05, 0.1) is 12.6 Å². The number of nitrogens with zero attached hydrogens (tertiary/aromatic N) is 4. The molecule has 1 aliphatic carbocycles. The lowest BCUT2D eigenvalue weighted by Crippen LogP contribution is -2.47. The first-order valence-corrected chi connectivity index (χ1v) is 13.0. The average molecular weight is 528 g/mol. The molecule has 1 saturated carbocycles. The van der Waals surface area contributed by atoms with Gasteiger partial charge in [-0.1, -0.05) is 42.3 Å². The molecule has 0 bridgehead atoms. The number of aromatic nitrogens is 3. The Kier molecular flexibility index (Phi) is 6.75. The molecule has 2 heterocycles. The van der Waals surface area contributed by atoms with Gasteiger partial charge in [0.2, 0.25) is 18.6 Å². The van der Waals surface area contributed by atoms with E-state index in [0.29, 0.717) is 34.0 Å². The fourth-order valence-electron chi connectivity index (χ4n) is 5.29. The predicted molar refractivity (Wildman–Crippen MR) is 144 cm³/mol. The van der Waals surface area contributed by atoms with Crippen LogP contribution in [0.5, 0.6) is 17.2 Å². The fraction of sp³-hybridized carbons (Fsp3) is 0.310. The molecule has 3 aromatic carbocycles. The summed E-state index contributed by atoms with van der Waals surface area (Å²) in [7, 11) is 1.57. The topological polar surface area (TPSA) is 108 Å². The zero-order valence-corrected chi connectivity index (χ0v) is 21.6. The molecule has 0 radical (unpaired) electrons. The molecule has 0 unspecified atom stereocenters. The van der Waals surface area contributed by atoms with Crippen LogP contribution >= 0.6 is 0 Å². The zero-order valence-electron chi connectivity index (χ0n) is 21.6. The van der Waals surface area contributed by atoms with Gasteiger partial charge in [0.1, 0.15) is 23.9 Å². The van der Waals surface area contributed by atoms with Crippen LogP contribution in [0.25, 0.3) is 11.0 Å². The molecule has 39 heavy (non-hydrogen) atoms. The van der Waals surface area contributed by atoms with Gasteiger partial charge in [-0.15, -0.1) is 5.10 Å². The minimum atomic E-state index is -0.969. The number of anilines is 1. The smallest absolute Gasteiger partial charge is 0.249 e. The Labute approximate surface area is 225 Å². The monoisotopic (exact) mass is 527 g/mol. The summed E-state index contributed by atoms with van der Waals surface area (Å²) in [5, 5.41) is 11.6. The largest absolute Gasteiger partial charge is 0.497 e. The van der Waals surface area contributed by atoms with E-state index in [-0.39, 0.29) is 31.2 Å². The predicted octanol–water partition coefficient (Wildman–Crippen LogP) is 4.00. The first-order chi connectivity index (χ1) is 19.1. The summed E-state index contributed by atoms with van der Waals surface area (Å²) in [5.41, 5.74) is 2.54. The molecule has 1 N–H and O–H groups in total. The Morgan fingerprint density at radius 3 is 2.72 bits per heavy atom. The molecule has 1 aromatic heterocycles. The maximum Gasteiger partial charge on any atom is 0.249 e. The van der Waals surface area contributed by atoms with Crippen molar-refractivity contribution in [2.75, 3.05) is 18.8 Å². The van der Waals surface area contributed by atoms with Gasteiger partial charge in [-0.3, -0.25) is 14.5 Å². The third kappa shape index (κ3) is 4.97. The summed E-state index contributed by atoms with van der Waals surface area (Å²) in [4.78, 5) is 29.8. The number of carbonyl (C=O) groups excluding carboxylic acids is 2. The molecule has 10 nitrogen and oxygen atoms in total. The van der Waals surface area contributed by atoms with Crippen LogP contribution in [-0.2, 0) is 16.1 Å². The van der Waals surface area contributed by atoms with Crippen molar-refractivity contribution in [1.82, 2.24) is 20.3 Å². The highest BCUT2D eigenvalue weighted by atomic mass is 16.7. The summed E-state index contributed by atoms with van der Waals surface area (Å²) in [6.07, 6.45) is 3.97. The second kappa shape index (κ2) is 10.6. The summed E-state index contributed by atoms with van der Waals surface area (Å²) in [6.45, 7) is -0.0225. The van der Waals surface area contributed by atoms with E-state index >= 15 is 0 Å². The molecular formula is C29H29N5O5. The van der Waals surface area contributed by atoms with E-state index in [4.69, 9.17) is 14.2 Å². The van der Waals surface area contributed by atoms with Crippen molar-refractivity contribution in [2.24, 2.45) is 0 Å². The van der Waals surface area contributed by atoms with Gasteiger partial charge in [-0.05, 0) is 54.8 Å². The molecule has 2 amide bonds. The van der Waals surface area contributed by atoms with E-state index in [1.165, 1.54) is 4.90 Å². The number of hydrogen-bond donors (Lipinski definition) is 1. The Morgan fingerprint density at radius 2 is 1.87 bits per heavy atom. The van der Waals surface area contributed by atoms with Crippen LogP contribution in [0.3, 0.4) is 0 Å². The molecule has 0 spiro atoms. The number of rotatable bonds is 8. The second-order valence-corrected chi connectivity index (χ2v) is 9.71. The van der Waals surface area contributed by atoms with Crippen molar-refractivity contribution in [3.63, 3.8) is 0 Å². The normalized spacial score (nSPS) is 15.3. The molecular weight excluding hydrogens is 498 g/mol. The number of ether oxygens (including phenoxy) is 3. The van der Waals surface area contributed by atoms with Crippen LogP contribution < -0.4 is 24.4 Å². The highest BCUT2D eigenvalue weighted by Crippen LogP contribution is 2.39. The number of methoxy groups -OCH3 is 1. The molecule has 0 saturated heterocycles. The van der Waals surface area contributed by atoms with Crippen molar-refractivity contribution < 1.29 is 23.8 Å². The molecule has 1 atom stereocenters. The molecule has 2 aliphatic rings. The SMILES string of the molecule is COc1cccc([C@@H](C(=O)NC2CCCC2)N(C(=O)Cn2nnc3ccccc32)c2ccc3c(c2)OCO3)c1. The molecule has 6 rings (SSSR count). The van der Waals surface area contributed by atoms with Crippen molar-refractivity contribution in [2.45, 2.75) is 44.3 Å². The number of amides is 2. The number of nitrogens with one attached hydrogen (secondary N) is 1. The lowest BCUT2D eigenvalue weighted by atomic mass is 10.0. The van der Waals surface area contributed by atoms with Crippen LogP contribution in [-0.4, -0.2) is 46.8 Å². The van der Waals surface area contributed by atoms with Crippen LogP contribution in [0, 0.1) is 0 Å². The van der Waals surface area contributed by atoms with Crippen LogP contribution in [0.15, 0.2) is 66.7 Å². The van der Waals surface area contributed by atoms with Gasteiger partial charge in [0.15, 0.2) is 11.5 Å². The number of benzene rings is 3. The average Bonchev–Trinajstić information content (AvgIpc) is 3.73. The third-order valence-corrected chi connectivity index (χ3v) is 7.23. The maximum absolute atomic E-state index is 14.2. The molecule has 200 valence electrons. The molecule has 1 aliphatic heterocycles. The summed E-state index contributed by atoms with van der Waals surface area (Å²) >= 11 is 0. The fourth-order valence-corrected chi connectivity index (χ4v) is 5.29. The number of para-hydroxylation sites is 1. The molecule has 1 fully saturated rings. The number of carbonyl (C=O) groups is 2. The van der Waals surface area contributed by atoms with Crippen LogP contribution in [0.1, 0.15) is 37.3 Å². The van der Waals surface area contributed by atoms with Crippen molar-refractivity contribution in [3.05, 3.63) is 72.3 Å². The minimum absolute atomic E-state index is 0.0681. The Balaban J connectivity index is 1.44. The Bertz CT molecular complexity index is 1510. The van der Waals surface area contributed by atoms with Crippen LogP contribution in [0.2, 0.25) is 0 Å². The summed E-state index contributed by atoms with van der Waals surface area (Å²) in [5.74, 6) is 1.09. The molecule has 4 aromatic rings. The van der Waals surface area contributed by atoms with Gasteiger partial charge < -0.3 is 19.5 Å². The Hall–Kier alpha value is -4.60. The van der Waals surface area contributed by atoms with Gasteiger partial charge in [0, 0.05) is 17.8 Å². The van der Waals surface area contributed by atoms with Gasteiger partial charge in [0.25, 0.3) is 0 Å². The highest BCUT2D eigenvalue weighted by Gasteiger charge is 2.35. The molecule has 10 heteroatoms. The van der Waals surface area contributed by atoms with Gasteiger partial charge in [-0.2, -0.15) is 0 Å². The first kappa shape index (κ1) is 24.7. The quantitative estimate of drug-likeness (QED) is 0.369. The van der Waals surface area contributed by atoms with E-state index in [9.17, 15) is 9.59 Å². The third-order valence-electron chi connectivity index (χ3n) is 7.23. The highest BCUT2D eigenvalue weighted by molar-refractivity contribution is 6.02. The lowest BCUT2D eigenvalue weighted by molar-refractivity contribution is -0.127. The van der Waals surface area contributed by atoms with Gasteiger partial charge in [-0.25, -0.2) is 4.68 Å². The summed E-state index contributed by atoms with van der Waals surface area (Å²) < 4.78 is 18.1. The zero-order chi connectivity index (χ0) is 26.8. The standard InChI is InChI=1S/C29H29N5O5/c1-37-22-10-6-7-19(15-22)28(29(36)30-20-8-2-3-9-20)34(21-13-14-25-26(16-21)39-18-38-25)27(35)17-33-24-12-5-4-11-23(24)31-32-33/h4-7,10-16,20,28H,2-3,8-9,17-18H2,1H3,(H,30,36)/t28-/m0/s1. The van der Waals surface area contributed by atoms with Crippen LogP contribution in [0.4, 0.5) is 5.69 Å². The lowest BCUT2D eigenvalue weighted by Gasteiger charge is -2.32. The van der Waals surface area contributed by atoms with E-state index < -0.39 is 6.04 Å². The second-order valence-electron chi connectivity index (χ2n) is 9.71. The van der Waals surface area contributed by atoms with Crippen molar-refractivity contribution in [1.29, 1.82) is 0 Å². The van der Waals surface area contributed by atoms with Crippen molar-refractivity contribution >= 4 is 28.5 Å². The van der Waals surface area contributed by atoms with E-state index in [2.05, 4.69) is 15.6 Å². The first-order valence-electron chi connectivity index (χ1n) is 13.0. The van der Waals surface area contributed by atoms with E-state index in [1.54, 1.807) is 36.1 Å². The van der Waals surface area contributed by atoms with E-state index in [1.807, 2.05) is 42.5 Å².